The van der Waals surface area contributed by atoms with Crippen molar-refractivity contribution in [2.75, 3.05) is 6.61 Å². The lowest BCUT2D eigenvalue weighted by Crippen LogP contribution is -2.60. The predicted molar refractivity (Wildman–Crippen MR) is 98.1 cm³/mol. The standard InChI is InChI=1S/C20H22O10/c21-9-14-15(23)16(24)17(25)20(29-14)28-13-8-4-2-6-11(13)19(27)30-18(26)10-5-1-3-7-12(10)22/h1-2,4-6,8,10,14-17,20-21,23-25H,3,7,9H2/t10-,14-,15-,16+,17-,20-/m1/s1. The smallest absolute Gasteiger partial charge is 0.349 e. The maximum absolute atomic E-state index is 12.5. The molecule has 1 saturated heterocycles. The molecule has 6 atom stereocenters. The third kappa shape index (κ3) is 4.58. The number of aliphatic hydroxyl groups is 4. The Morgan fingerprint density at radius 1 is 1.10 bits per heavy atom. The second kappa shape index (κ2) is 9.45. The van der Waals surface area contributed by atoms with Crippen LogP contribution in [-0.2, 0) is 19.1 Å². The molecule has 0 saturated carbocycles. The van der Waals surface area contributed by atoms with Gasteiger partial charge < -0.3 is 34.6 Å². The van der Waals surface area contributed by atoms with Crippen molar-refractivity contribution in [1.29, 1.82) is 0 Å². The lowest BCUT2D eigenvalue weighted by Gasteiger charge is -2.39. The Morgan fingerprint density at radius 2 is 1.83 bits per heavy atom. The molecule has 1 heterocycles. The molecule has 0 unspecified atom stereocenters. The van der Waals surface area contributed by atoms with Crippen LogP contribution >= 0.6 is 0 Å². The number of carbonyl (C=O) groups excluding carboxylic acids is 3. The van der Waals surface area contributed by atoms with Crippen LogP contribution in [0.15, 0.2) is 36.4 Å². The van der Waals surface area contributed by atoms with Crippen LogP contribution in [0.3, 0.4) is 0 Å². The van der Waals surface area contributed by atoms with Crippen molar-refractivity contribution in [3.05, 3.63) is 42.0 Å². The van der Waals surface area contributed by atoms with Crippen molar-refractivity contribution in [3.8, 4) is 5.75 Å². The van der Waals surface area contributed by atoms with Gasteiger partial charge in [0.2, 0.25) is 6.29 Å². The van der Waals surface area contributed by atoms with Crippen LogP contribution < -0.4 is 4.74 Å². The Labute approximate surface area is 171 Å². The maximum Gasteiger partial charge on any atom is 0.349 e. The molecule has 1 aliphatic heterocycles. The summed E-state index contributed by atoms with van der Waals surface area (Å²) in [5.41, 5.74) is -0.185. The second-order valence-corrected chi connectivity index (χ2v) is 6.93. The monoisotopic (exact) mass is 422 g/mol. The van der Waals surface area contributed by atoms with Gasteiger partial charge in [-0.2, -0.15) is 0 Å². The molecule has 0 radical (unpaired) electrons. The normalized spacial score (nSPS) is 31.3. The first kappa shape index (κ1) is 22.1. The van der Waals surface area contributed by atoms with Crippen LogP contribution in [-0.4, -0.2) is 75.5 Å². The highest BCUT2D eigenvalue weighted by molar-refractivity contribution is 6.07. The topological polar surface area (TPSA) is 160 Å². The summed E-state index contributed by atoms with van der Waals surface area (Å²) in [5.74, 6) is -3.72. The van der Waals surface area contributed by atoms with Gasteiger partial charge in [-0.05, 0) is 18.6 Å². The van der Waals surface area contributed by atoms with Crippen molar-refractivity contribution in [2.45, 2.75) is 43.5 Å². The van der Waals surface area contributed by atoms with Gasteiger partial charge >= 0.3 is 11.9 Å². The van der Waals surface area contributed by atoms with E-state index in [4.69, 9.17) is 14.2 Å². The minimum absolute atomic E-state index is 0.134. The van der Waals surface area contributed by atoms with Gasteiger partial charge in [0, 0.05) is 6.42 Å². The molecule has 1 aromatic carbocycles. The average molecular weight is 422 g/mol. The van der Waals surface area contributed by atoms with E-state index >= 15 is 0 Å². The van der Waals surface area contributed by atoms with Gasteiger partial charge in [0.15, 0.2) is 5.78 Å². The van der Waals surface area contributed by atoms with E-state index in [1.807, 2.05) is 0 Å². The number of hydrogen-bond donors (Lipinski definition) is 4. The number of Topliss-reactive ketones (excluding diaryl/α,β-unsaturated/α-hetero) is 1. The highest BCUT2D eigenvalue weighted by Gasteiger charge is 2.45. The molecule has 10 heteroatoms. The lowest BCUT2D eigenvalue weighted by atomic mass is 9.94. The molecule has 0 bridgehead atoms. The zero-order valence-electron chi connectivity index (χ0n) is 15.8. The molecule has 1 aliphatic carbocycles. The van der Waals surface area contributed by atoms with Gasteiger partial charge in [-0.3, -0.25) is 9.59 Å². The molecule has 0 aromatic heterocycles. The van der Waals surface area contributed by atoms with Crippen molar-refractivity contribution in [3.63, 3.8) is 0 Å². The zero-order chi connectivity index (χ0) is 21.8. The zero-order valence-corrected chi connectivity index (χ0v) is 15.8. The number of rotatable bonds is 5. The summed E-state index contributed by atoms with van der Waals surface area (Å²) >= 11 is 0. The molecular weight excluding hydrogens is 400 g/mol. The summed E-state index contributed by atoms with van der Waals surface area (Å²) in [6.45, 7) is -0.647. The molecule has 1 aromatic rings. The van der Waals surface area contributed by atoms with Crippen LogP contribution in [0.5, 0.6) is 5.75 Å². The van der Waals surface area contributed by atoms with Crippen molar-refractivity contribution < 1.29 is 49.0 Å². The Morgan fingerprint density at radius 3 is 2.53 bits per heavy atom. The summed E-state index contributed by atoms with van der Waals surface area (Å²) in [7, 11) is 0. The first-order chi connectivity index (χ1) is 14.3. The number of hydrogen-bond acceptors (Lipinski definition) is 10. The van der Waals surface area contributed by atoms with Gasteiger partial charge in [0.05, 0.1) is 6.61 Å². The molecule has 162 valence electrons. The quantitative estimate of drug-likeness (QED) is 0.266. The molecule has 3 rings (SSSR count). The second-order valence-electron chi connectivity index (χ2n) is 6.93. The largest absolute Gasteiger partial charge is 0.461 e. The Hall–Kier alpha value is -2.63. The van der Waals surface area contributed by atoms with E-state index in [-0.39, 0.29) is 23.5 Å². The summed E-state index contributed by atoms with van der Waals surface area (Å²) in [5, 5.41) is 39.1. The molecule has 30 heavy (non-hydrogen) atoms. The molecule has 1 fully saturated rings. The van der Waals surface area contributed by atoms with Gasteiger partial charge in [-0.15, -0.1) is 0 Å². The van der Waals surface area contributed by atoms with Crippen molar-refractivity contribution in [2.24, 2.45) is 5.92 Å². The SMILES string of the molecule is O=C(OC(=O)[C@@H]1C=CCCC1=O)c1ccccc1O[C@@H]1O[C@H](CO)[C@@H](O)[C@H](O)[C@H]1O. The van der Waals surface area contributed by atoms with E-state index in [1.165, 1.54) is 30.3 Å². The van der Waals surface area contributed by atoms with E-state index in [0.29, 0.717) is 6.42 Å². The van der Waals surface area contributed by atoms with E-state index < -0.39 is 55.2 Å². The fourth-order valence-electron chi connectivity index (χ4n) is 3.17. The Kier molecular flexibility index (Phi) is 6.95. The number of para-hydroxylation sites is 1. The first-order valence-electron chi connectivity index (χ1n) is 9.35. The maximum atomic E-state index is 12.5. The number of ether oxygens (including phenoxy) is 3. The Balaban J connectivity index is 1.75. The van der Waals surface area contributed by atoms with Crippen LogP contribution in [0.4, 0.5) is 0 Å². The van der Waals surface area contributed by atoms with Crippen molar-refractivity contribution in [1.82, 2.24) is 0 Å². The van der Waals surface area contributed by atoms with Crippen LogP contribution in [0.25, 0.3) is 0 Å². The first-order valence-corrected chi connectivity index (χ1v) is 9.35. The summed E-state index contributed by atoms with van der Waals surface area (Å²) in [6.07, 6.45) is -3.88. The molecule has 0 amide bonds. The fourth-order valence-corrected chi connectivity index (χ4v) is 3.17. The van der Waals surface area contributed by atoms with Gasteiger partial charge in [-0.1, -0.05) is 24.3 Å². The Bertz CT molecular complexity index is 833. The van der Waals surface area contributed by atoms with E-state index in [9.17, 15) is 34.8 Å². The highest BCUT2D eigenvalue weighted by atomic mass is 16.7. The van der Waals surface area contributed by atoms with Crippen LogP contribution in [0.1, 0.15) is 23.2 Å². The average Bonchev–Trinajstić information content (AvgIpc) is 2.74. The highest BCUT2D eigenvalue weighted by Crippen LogP contribution is 2.27. The number of carbonyl (C=O) groups is 3. The number of benzene rings is 1. The molecule has 2 aliphatic rings. The predicted octanol–water partition coefficient (Wildman–Crippen LogP) is -0.916. The third-order valence-electron chi connectivity index (χ3n) is 4.88. The van der Waals surface area contributed by atoms with E-state index in [0.717, 1.165) is 0 Å². The van der Waals surface area contributed by atoms with Crippen LogP contribution in [0.2, 0.25) is 0 Å². The summed E-state index contributed by atoms with van der Waals surface area (Å²) in [6, 6.07) is 5.62. The summed E-state index contributed by atoms with van der Waals surface area (Å²) < 4.78 is 15.5. The van der Waals surface area contributed by atoms with Crippen LogP contribution in [0, 0.1) is 5.92 Å². The molecule has 4 N–H and O–H groups in total. The number of aliphatic hydroxyl groups excluding tert-OH is 4. The lowest BCUT2D eigenvalue weighted by molar-refractivity contribution is -0.277. The van der Waals surface area contributed by atoms with Gasteiger partial charge in [0.1, 0.15) is 41.6 Å². The molecular formula is C20H22O10. The summed E-state index contributed by atoms with van der Waals surface area (Å²) in [4.78, 5) is 36.5. The number of allylic oxidation sites excluding steroid dienone is 1. The van der Waals surface area contributed by atoms with Crippen molar-refractivity contribution >= 4 is 17.7 Å². The van der Waals surface area contributed by atoms with E-state index in [2.05, 4.69) is 0 Å². The van der Waals surface area contributed by atoms with Gasteiger partial charge in [-0.25, -0.2) is 4.79 Å². The fraction of sp³-hybridized carbons (Fsp3) is 0.450. The third-order valence-corrected chi connectivity index (χ3v) is 4.88. The number of ketones is 1. The minimum Gasteiger partial charge on any atom is -0.461 e. The molecule has 10 nitrogen and oxygen atoms in total. The number of esters is 2. The van der Waals surface area contributed by atoms with Gasteiger partial charge in [0.25, 0.3) is 0 Å². The van der Waals surface area contributed by atoms with E-state index in [1.54, 1.807) is 6.08 Å². The molecule has 0 spiro atoms. The minimum atomic E-state index is -1.68.